The molecule has 2 aliphatic rings. The summed E-state index contributed by atoms with van der Waals surface area (Å²) < 4.78 is 10.5. The smallest absolute Gasteiger partial charge is 0.405 e. The molecule has 1 unspecified atom stereocenters. The van der Waals surface area contributed by atoms with Crippen LogP contribution < -0.4 is 5.73 Å². The topological polar surface area (TPSA) is 64.8 Å². The molecular weight excluding hydrogens is 194 g/mol. The number of primary amides is 1. The van der Waals surface area contributed by atoms with Gasteiger partial charge in [-0.05, 0) is 12.5 Å². The van der Waals surface area contributed by atoms with Gasteiger partial charge in [0.25, 0.3) is 0 Å². The maximum atomic E-state index is 10.8. The highest BCUT2D eigenvalue weighted by atomic mass is 16.6. The molecule has 1 heterocycles. The second-order valence-electron chi connectivity index (χ2n) is 3.89. The van der Waals surface area contributed by atoms with Crippen molar-refractivity contribution >= 4 is 6.09 Å². The van der Waals surface area contributed by atoms with Gasteiger partial charge in [0, 0.05) is 0 Å². The molecule has 3 atom stereocenters. The predicted octanol–water partition coefficient (Wildman–Crippen LogP) is 1.37. The summed E-state index contributed by atoms with van der Waals surface area (Å²) in [5, 5.41) is 0. The van der Waals surface area contributed by atoms with Crippen molar-refractivity contribution < 1.29 is 14.3 Å². The lowest BCUT2D eigenvalue weighted by Gasteiger charge is -2.35. The van der Waals surface area contributed by atoms with E-state index in [1.54, 1.807) is 0 Å². The Balaban J connectivity index is 2.21. The molecule has 4 heteroatoms. The number of hydrogen-bond donors (Lipinski definition) is 1. The van der Waals surface area contributed by atoms with Gasteiger partial charge in [-0.1, -0.05) is 25.2 Å². The van der Waals surface area contributed by atoms with Gasteiger partial charge in [0.2, 0.25) is 0 Å². The van der Waals surface area contributed by atoms with Gasteiger partial charge in [-0.2, -0.15) is 0 Å². The number of rotatable bonds is 3. The van der Waals surface area contributed by atoms with Crippen LogP contribution in [0, 0.1) is 5.41 Å². The molecule has 0 aromatic heterocycles. The molecule has 1 fully saturated rings. The first-order valence-corrected chi connectivity index (χ1v) is 5.13. The van der Waals surface area contributed by atoms with E-state index in [-0.39, 0.29) is 17.6 Å². The molecule has 2 rings (SSSR count). The van der Waals surface area contributed by atoms with Gasteiger partial charge < -0.3 is 15.2 Å². The van der Waals surface area contributed by atoms with Crippen LogP contribution in [0.15, 0.2) is 24.3 Å². The lowest BCUT2D eigenvalue weighted by atomic mass is 9.74. The van der Waals surface area contributed by atoms with Gasteiger partial charge in [0.15, 0.2) is 0 Å². The highest BCUT2D eigenvalue weighted by molar-refractivity contribution is 5.65. The lowest BCUT2D eigenvalue weighted by Crippen LogP contribution is -2.42. The van der Waals surface area contributed by atoms with Gasteiger partial charge in [0.05, 0.1) is 18.1 Å². The van der Waals surface area contributed by atoms with Crippen LogP contribution in [0.3, 0.4) is 0 Å². The van der Waals surface area contributed by atoms with E-state index in [0.717, 1.165) is 13.0 Å². The van der Waals surface area contributed by atoms with Crippen LogP contribution in [0.25, 0.3) is 0 Å². The molecule has 0 saturated carbocycles. The van der Waals surface area contributed by atoms with E-state index in [1.165, 1.54) is 0 Å². The van der Waals surface area contributed by atoms with E-state index in [0.29, 0.717) is 0 Å². The minimum absolute atomic E-state index is 0.146. The number of hydrogen-bond acceptors (Lipinski definition) is 3. The molecule has 2 N–H and O–H groups in total. The maximum Gasteiger partial charge on any atom is 0.405 e. The third-order valence-corrected chi connectivity index (χ3v) is 3.12. The second-order valence-corrected chi connectivity index (χ2v) is 3.89. The van der Waals surface area contributed by atoms with E-state index < -0.39 is 6.09 Å². The molecule has 0 spiro atoms. The highest BCUT2D eigenvalue weighted by Crippen LogP contribution is 2.44. The minimum Gasteiger partial charge on any atom is -0.441 e. The van der Waals surface area contributed by atoms with E-state index >= 15 is 0 Å². The molecule has 0 aromatic rings. The monoisotopic (exact) mass is 209 g/mol. The van der Waals surface area contributed by atoms with Crippen molar-refractivity contribution in [2.24, 2.45) is 11.1 Å². The Kier molecular flexibility index (Phi) is 2.52. The molecule has 0 aromatic carbocycles. The number of nitrogens with two attached hydrogens (primary N) is 1. The van der Waals surface area contributed by atoms with Crippen molar-refractivity contribution in [2.45, 2.75) is 25.6 Å². The normalized spacial score (nSPS) is 37.7. The van der Waals surface area contributed by atoms with Crippen LogP contribution in [0.5, 0.6) is 0 Å². The zero-order valence-corrected chi connectivity index (χ0v) is 8.68. The second kappa shape index (κ2) is 3.70. The fourth-order valence-electron chi connectivity index (χ4n) is 2.14. The van der Waals surface area contributed by atoms with E-state index in [1.807, 2.05) is 18.2 Å². The van der Waals surface area contributed by atoms with Crippen LogP contribution in [0.1, 0.15) is 13.3 Å². The predicted molar refractivity (Wildman–Crippen MR) is 55.2 cm³/mol. The van der Waals surface area contributed by atoms with E-state index in [4.69, 9.17) is 15.2 Å². The molecule has 1 saturated heterocycles. The zero-order chi connectivity index (χ0) is 10.9. The van der Waals surface area contributed by atoms with Crippen LogP contribution in [0.2, 0.25) is 0 Å². The standard InChI is InChI=1S/C11H15NO3/c1-2-11(9-7-14-9)6-4-3-5-8(11)15-10(12)13/h3-6,8-9H,2,7H2,1H3,(H2,12,13)/t8-,9?,11-/m0/s1. The van der Waals surface area contributed by atoms with Crippen molar-refractivity contribution in [1.82, 2.24) is 0 Å². The summed E-state index contributed by atoms with van der Waals surface area (Å²) >= 11 is 0. The first kappa shape index (κ1) is 10.2. The summed E-state index contributed by atoms with van der Waals surface area (Å²) in [4.78, 5) is 10.8. The summed E-state index contributed by atoms with van der Waals surface area (Å²) in [5.41, 5.74) is 4.83. The summed E-state index contributed by atoms with van der Waals surface area (Å²) in [6, 6.07) is 0. The Morgan fingerprint density at radius 1 is 1.67 bits per heavy atom. The molecular formula is C11H15NO3. The summed E-state index contributed by atoms with van der Waals surface area (Å²) in [6.07, 6.45) is 7.70. The van der Waals surface area contributed by atoms with Crippen molar-refractivity contribution in [2.75, 3.05) is 6.61 Å². The average molecular weight is 209 g/mol. The van der Waals surface area contributed by atoms with E-state index in [9.17, 15) is 4.79 Å². The van der Waals surface area contributed by atoms with E-state index in [2.05, 4.69) is 13.0 Å². The van der Waals surface area contributed by atoms with Crippen molar-refractivity contribution in [3.63, 3.8) is 0 Å². The van der Waals surface area contributed by atoms with Gasteiger partial charge in [-0.3, -0.25) is 0 Å². The molecule has 1 amide bonds. The number of ether oxygens (including phenoxy) is 2. The Labute approximate surface area is 88.7 Å². The molecule has 1 aliphatic heterocycles. The van der Waals surface area contributed by atoms with Gasteiger partial charge in [-0.25, -0.2) is 4.79 Å². The number of allylic oxidation sites excluding steroid dienone is 2. The first-order valence-electron chi connectivity index (χ1n) is 5.13. The molecule has 4 nitrogen and oxygen atoms in total. The SMILES string of the molecule is CC[C@]1(C2CO2)C=CC=C[C@@H]1OC(N)=O. The Bertz CT molecular complexity index is 320. The summed E-state index contributed by atoms with van der Waals surface area (Å²) in [6.45, 7) is 2.78. The fraction of sp³-hybridized carbons (Fsp3) is 0.545. The lowest BCUT2D eigenvalue weighted by molar-refractivity contribution is 0.0449. The minimum atomic E-state index is -0.738. The van der Waals surface area contributed by atoms with Crippen LogP contribution >= 0.6 is 0 Å². The molecule has 1 aliphatic carbocycles. The van der Waals surface area contributed by atoms with Gasteiger partial charge in [-0.15, -0.1) is 0 Å². The zero-order valence-electron chi connectivity index (χ0n) is 8.68. The third kappa shape index (κ3) is 1.77. The average Bonchev–Trinajstić information content (AvgIpc) is 3.02. The van der Waals surface area contributed by atoms with Crippen molar-refractivity contribution in [3.05, 3.63) is 24.3 Å². The Morgan fingerprint density at radius 2 is 2.40 bits per heavy atom. The van der Waals surface area contributed by atoms with Crippen LogP contribution in [-0.2, 0) is 9.47 Å². The largest absolute Gasteiger partial charge is 0.441 e. The first-order chi connectivity index (χ1) is 7.19. The quantitative estimate of drug-likeness (QED) is 0.714. The van der Waals surface area contributed by atoms with Gasteiger partial charge in [0.1, 0.15) is 6.10 Å². The number of epoxide rings is 1. The molecule has 0 radical (unpaired) electrons. The van der Waals surface area contributed by atoms with Crippen LogP contribution in [0.4, 0.5) is 4.79 Å². The number of amides is 1. The number of carbonyl (C=O) groups excluding carboxylic acids is 1. The molecule has 15 heavy (non-hydrogen) atoms. The molecule has 0 bridgehead atoms. The maximum absolute atomic E-state index is 10.8. The summed E-state index contributed by atoms with van der Waals surface area (Å²) in [7, 11) is 0. The Hall–Kier alpha value is -1.29. The molecule has 82 valence electrons. The van der Waals surface area contributed by atoms with Gasteiger partial charge >= 0.3 is 6.09 Å². The number of carbonyl (C=O) groups is 1. The fourth-order valence-corrected chi connectivity index (χ4v) is 2.14. The van der Waals surface area contributed by atoms with Crippen LogP contribution in [-0.4, -0.2) is 24.9 Å². The van der Waals surface area contributed by atoms with Crippen molar-refractivity contribution in [3.8, 4) is 0 Å². The third-order valence-electron chi connectivity index (χ3n) is 3.12. The van der Waals surface area contributed by atoms with Crippen molar-refractivity contribution in [1.29, 1.82) is 0 Å². The highest BCUT2D eigenvalue weighted by Gasteiger charge is 2.50. The Morgan fingerprint density at radius 3 is 2.93 bits per heavy atom. The summed E-state index contributed by atoms with van der Waals surface area (Å²) in [5.74, 6) is 0.